The maximum Gasteiger partial charge on any atom is 0.358 e. The molecule has 0 aromatic carbocycles. The Morgan fingerprint density at radius 3 is 2.64 bits per heavy atom. The largest absolute Gasteiger partial charge is 0.476 e. The number of carboxylic acid groups (broad SMARTS) is 1. The molecule has 1 amide bonds. The van der Waals surface area contributed by atoms with Crippen LogP contribution in [0.2, 0.25) is 0 Å². The highest BCUT2D eigenvalue weighted by Gasteiger charge is 2.11. The van der Waals surface area contributed by atoms with Crippen LogP contribution in [-0.4, -0.2) is 51.0 Å². The van der Waals surface area contributed by atoms with E-state index >= 15 is 0 Å². The van der Waals surface area contributed by atoms with Crippen molar-refractivity contribution in [2.45, 2.75) is 6.54 Å². The second-order valence-corrected chi connectivity index (χ2v) is 2.89. The normalized spacial score (nSPS) is 9.86. The summed E-state index contributed by atoms with van der Waals surface area (Å²) < 4.78 is 1.19. The van der Waals surface area contributed by atoms with Crippen LogP contribution in [0, 0.1) is 0 Å². The van der Waals surface area contributed by atoms with Crippen LogP contribution in [0.15, 0.2) is 6.20 Å². The van der Waals surface area contributed by atoms with Gasteiger partial charge in [0, 0.05) is 14.1 Å². The van der Waals surface area contributed by atoms with E-state index in [0.29, 0.717) is 0 Å². The van der Waals surface area contributed by atoms with Gasteiger partial charge in [0.15, 0.2) is 5.69 Å². The predicted molar refractivity (Wildman–Crippen MR) is 45.7 cm³/mol. The summed E-state index contributed by atoms with van der Waals surface area (Å²) in [5.41, 5.74) is -0.170. The third kappa shape index (κ3) is 2.28. The summed E-state index contributed by atoms with van der Waals surface area (Å²) in [5.74, 6) is -1.33. The fraction of sp³-hybridized carbons (Fsp3) is 0.429. The van der Waals surface area contributed by atoms with Gasteiger partial charge in [-0.2, -0.15) is 0 Å². The first kappa shape index (κ1) is 10.2. The highest BCUT2D eigenvalue weighted by atomic mass is 16.4. The van der Waals surface area contributed by atoms with Crippen molar-refractivity contribution in [3.8, 4) is 0 Å². The molecule has 0 fully saturated rings. The molecule has 0 bridgehead atoms. The smallest absolute Gasteiger partial charge is 0.358 e. The van der Waals surface area contributed by atoms with Crippen molar-refractivity contribution >= 4 is 11.9 Å². The van der Waals surface area contributed by atoms with Gasteiger partial charge in [0.25, 0.3) is 0 Å². The van der Waals surface area contributed by atoms with Crippen molar-refractivity contribution in [3.05, 3.63) is 11.9 Å². The summed E-state index contributed by atoms with van der Waals surface area (Å²) in [7, 11) is 3.22. The van der Waals surface area contributed by atoms with Gasteiger partial charge in [-0.1, -0.05) is 5.21 Å². The van der Waals surface area contributed by atoms with Crippen LogP contribution in [0.25, 0.3) is 0 Å². The molecule has 0 aliphatic heterocycles. The molecule has 14 heavy (non-hydrogen) atoms. The molecule has 1 aromatic rings. The van der Waals surface area contributed by atoms with Gasteiger partial charge in [-0.25, -0.2) is 9.48 Å². The van der Waals surface area contributed by atoms with Crippen LogP contribution < -0.4 is 0 Å². The summed E-state index contributed by atoms with van der Waals surface area (Å²) in [6.45, 7) is -0.00667. The van der Waals surface area contributed by atoms with Crippen molar-refractivity contribution in [1.29, 1.82) is 0 Å². The molecule has 1 heterocycles. The molecule has 1 aromatic heterocycles. The number of likely N-dealkylation sites (N-methyl/N-ethyl adjacent to an activating group) is 1. The molecule has 1 N–H and O–H groups in total. The molecule has 0 radical (unpaired) electrons. The van der Waals surface area contributed by atoms with Gasteiger partial charge in [-0.3, -0.25) is 4.79 Å². The quantitative estimate of drug-likeness (QED) is 0.677. The molecule has 1 rings (SSSR count). The Hall–Kier alpha value is -1.92. The minimum Gasteiger partial charge on any atom is -0.476 e. The second-order valence-electron chi connectivity index (χ2n) is 2.89. The zero-order chi connectivity index (χ0) is 10.7. The Balaban J connectivity index is 2.69. The van der Waals surface area contributed by atoms with Crippen LogP contribution in [0.1, 0.15) is 10.5 Å². The molecule has 0 saturated carbocycles. The van der Waals surface area contributed by atoms with Crippen molar-refractivity contribution in [3.63, 3.8) is 0 Å². The Bertz CT molecular complexity index is 358. The number of carbonyl (C=O) groups excluding carboxylic acids is 1. The Labute approximate surface area is 79.9 Å². The van der Waals surface area contributed by atoms with Crippen molar-refractivity contribution in [1.82, 2.24) is 19.9 Å². The summed E-state index contributed by atoms with van der Waals surface area (Å²) in [5, 5.41) is 15.4. The van der Waals surface area contributed by atoms with E-state index in [1.807, 2.05) is 0 Å². The summed E-state index contributed by atoms with van der Waals surface area (Å²) in [6.07, 6.45) is 1.21. The van der Waals surface area contributed by atoms with E-state index in [4.69, 9.17) is 5.11 Å². The van der Waals surface area contributed by atoms with Gasteiger partial charge < -0.3 is 10.0 Å². The maximum absolute atomic E-state index is 11.2. The van der Waals surface area contributed by atoms with E-state index in [1.165, 1.54) is 15.8 Å². The SMILES string of the molecule is CN(C)C(=O)Cn1cc(C(=O)O)nn1. The molecule has 0 atom stereocenters. The van der Waals surface area contributed by atoms with Crippen LogP contribution in [0.3, 0.4) is 0 Å². The van der Waals surface area contributed by atoms with Gasteiger partial charge in [0.1, 0.15) is 6.54 Å². The molecule has 7 heteroatoms. The lowest BCUT2D eigenvalue weighted by Gasteiger charge is -2.08. The highest BCUT2D eigenvalue weighted by molar-refractivity contribution is 5.84. The third-order valence-corrected chi connectivity index (χ3v) is 1.55. The summed E-state index contributed by atoms with van der Waals surface area (Å²) in [4.78, 5) is 23.0. The van der Waals surface area contributed by atoms with E-state index in [2.05, 4.69) is 10.3 Å². The number of nitrogens with zero attached hydrogens (tertiary/aromatic N) is 4. The van der Waals surface area contributed by atoms with Crippen LogP contribution in [-0.2, 0) is 11.3 Å². The Morgan fingerprint density at radius 1 is 1.57 bits per heavy atom. The maximum atomic E-state index is 11.2. The lowest BCUT2D eigenvalue weighted by atomic mass is 10.5. The van der Waals surface area contributed by atoms with Gasteiger partial charge in [-0.15, -0.1) is 5.10 Å². The molecule has 76 valence electrons. The Kier molecular flexibility index (Phi) is 2.80. The fourth-order valence-corrected chi connectivity index (χ4v) is 0.754. The van der Waals surface area contributed by atoms with Crippen LogP contribution in [0.5, 0.6) is 0 Å². The van der Waals surface area contributed by atoms with E-state index in [0.717, 1.165) is 0 Å². The molecule has 0 saturated heterocycles. The van der Waals surface area contributed by atoms with Crippen molar-refractivity contribution in [2.75, 3.05) is 14.1 Å². The predicted octanol–water partition coefficient (Wildman–Crippen LogP) is -0.935. The monoisotopic (exact) mass is 198 g/mol. The zero-order valence-electron chi connectivity index (χ0n) is 7.84. The van der Waals surface area contributed by atoms with E-state index in [1.54, 1.807) is 14.1 Å². The first-order valence-corrected chi connectivity index (χ1v) is 3.84. The Morgan fingerprint density at radius 2 is 2.21 bits per heavy atom. The van der Waals surface area contributed by atoms with Crippen molar-refractivity contribution < 1.29 is 14.7 Å². The minimum atomic E-state index is -1.16. The fourth-order valence-electron chi connectivity index (χ4n) is 0.754. The number of aromatic carboxylic acids is 1. The van der Waals surface area contributed by atoms with E-state index < -0.39 is 5.97 Å². The lowest BCUT2D eigenvalue weighted by molar-refractivity contribution is -0.129. The number of hydrogen-bond acceptors (Lipinski definition) is 4. The molecular formula is C7H10N4O3. The number of carbonyl (C=O) groups is 2. The van der Waals surface area contributed by atoms with Gasteiger partial charge in [0.2, 0.25) is 5.91 Å². The molecule has 7 nitrogen and oxygen atoms in total. The topological polar surface area (TPSA) is 88.3 Å². The molecule has 0 spiro atoms. The molecule has 0 aliphatic carbocycles. The minimum absolute atomic E-state index is 0.00667. The van der Waals surface area contributed by atoms with Gasteiger partial charge in [-0.05, 0) is 0 Å². The molecule has 0 aliphatic rings. The zero-order valence-corrected chi connectivity index (χ0v) is 7.84. The second kappa shape index (κ2) is 3.86. The van der Waals surface area contributed by atoms with Crippen molar-refractivity contribution in [2.24, 2.45) is 0 Å². The van der Waals surface area contributed by atoms with Gasteiger partial charge >= 0.3 is 5.97 Å². The molecular weight excluding hydrogens is 188 g/mol. The van der Waals surface area contributed by atoms with Crippen LogP contribution >= 0.6 is 0 Å². The number of hydrogen-bond donors (Lipinski definition) is 1. The average molecular weight is 198 g/mol. The van der Waals surface area contributed by atoms with Crippen LogP contribution in [0.4, 0.5) is 0 Å². The number of aromatic nitrogens is 3. The highest BCUT2D eigenvalue weighted by Crippen LogP contribution is 1.93. The third-order valence-electron chi connectivity index (χ3n) is 1.55. The number of carboxylic acids is 1. The first-order chi connectivity index (χ1) is 6.50. The number of amides is 1. The molecule has 0 unspecified atom stereocenters. The van der Waals surface area contributed by atoms with E-state index in [9.17, 15) is 9.59 Å². The average Bonchev–Trinajstić information content (AvgIpc) is 2.52. The summed E-state index contributed by atoms with van der Waals surface area (Å²) >= 11 is 0. The summed E-state index contributed by atoms with van der Waals surface area (Å²) in [6, 6.07) is 0. The van der Waals surface area contributed by atoms with Gasteiger partial charge in [0.05, 0.1) is 6.20 Å². The standard InChI is InChI=1S/C7H10N4O3/c1-10(2)6(12)4-11-3-5(7(13)14)8-9-11/h3H,4H2,1-2H3,(H,13,14). The first-order valence-electron chi connectivity index (χ1n) is 3.84. The lowest BCUT2D eigenvalue weighted by Crippen LogP contribution is -2.26. The number of rotatable bonds is 3. The van der Waals surface area contributed by atoms with E-state index in [-0.39, 0.29) is 18.1 Å².